The Labute approximate surface area is 223 Å². The Morgan fingerprint density at radius 2 is 1.26 bits per heavy atom. The van der Waals surface area contributed by atoms with E-state index < -0.39 is 5.91 Å². The first-order valence-electron chi connectivity index (χ1n) is 12.4. The van der Waals surface area contributed by atoms with E-state index in [1.54, 1.807) is 60.7 Å². The number of likely N-dealkylation sites (N-methyl/N-ethyl adjacent to an activating group) is 1. The van der Waals surface area contributed by atoms with Gasteiger partial charge in [0.2, 0.25) is 0 Å². The van der Waals surface area contributed by atoms with Crippen LogP contribution >= 0.6 is 0 Å². The van der Waals surface area contributed by atoms with Crippen molar-refractivity contribution in [3.05, 3.63) is 83.4 Å². The molecule has 0 saturated heterocycles. The third-order valence-electron chi connectivity index (χ3n) is 6.08. The first-order chi connectivity index (χ1) is 18.4. The van der Waals surface area contributed by atoms with Gasteiger partial charge in [-0.2, -0.15) is 0 Å². The summed E-state index contributed by atoms with van der Waals surface area (Å²) < 4.78 is 10.6. The molecular formula is C29H34N4O5. The molecule has 0 aliphatic carbocycles. The van der Waals surface area contributed by atoms with Crippen LogP contribution in [0.5, 0.6) is 11.5 Å². The Morgan fingerprint density at radius 1 is 0.711 bits per heavy atom. The number of rotatable bonds is 12. The highest BCUT2D eigenvalue weighted by Crippen LogP contribution is 2.25. The van der Waals surface area contributed by atoms with Crippen molar-refractivity contribution in [3.63, 3.8) is 0 Å². The number of carbonyl (C=O) groups excluding carboxylic acids is 3. The van der Waals surface area contributed by atoms with Crippen molar-refractivity contribution in [1.29, 1.82) is 0 Å². The standard InChI is InChI=1S/C29H34N4O5/c1-5-33(6-2)18-17-30-27(34)23-19-20(31-28(35)21-11-7-9-13-25(21)37-3)15-16-24(23)32-29(36)22-12-8-10-14-26(22)38-4/h7-16,19H,5-6,17-18H2,1-4H3,(H,30,34)(H,31,35)(H,32,36). The molecule has 0 spiro atoms. The number of hydrogen-bond donors (Lipinski definition) is 3. The number of para-hydroxylation sites is 2. The molecule has 200 valence electrons. The highest BCUT2D eigenvalue weighted by atomic mass is 16.5. The monoisotopic (exact) mass is 518 g/mol. The number of methoxy groups -OCH3 is 2. The lowest BCUT2D eigenvalue weighted by atomic mass is 10.1. The third-order valence-corrected chi connectivity index (χ3v) is 6.08. The molecule has 0 unspecified atom stereocenters. The molecule has 9 heteroatoms. The van der Waals surface area contributed by atoms with Gasteiger partial charge < -0.3 is 30.3 Å². The highest BCUT2D eigenvalue weighted by Gasteiger charge is 2.19. The minimum atomic E-state index is -0.426. The lowest BCUT2D eigenvalue weighted by Gasteiger charge is -2.19. The molecule has 0 radical (unpaired) electrons. The highest BCUT2D eigenvalue weighted by molar-refractivity contribution is 6.11. The van der Waals surface area contributed by atoms with Crippen LogP contribution in [0.4, 0.5) is 11.4 Å². The number of nitrogens with one attached hydrogen (secondary N) is 3. The number of hydrogen-bond acceptors (Lipinski definition) is 6. The van der Waals surface area contributed by atoms with E-state index in [0.717, 1.165) is 13.1 Å². The number of ether oxygens (including phenoxy) is 2. The first kappa shape index (κ1) is 28.2. The van der Waals surface area contributed by atoms with E-state index in [-0.39, 0.29) is 17.4 Å². The van der Waals surface area contributed by atoms with Crippen LogP contribution in [0.25, 0.3) is 0 Å². The van der Waals surface area contributed by atoms with Gasteiger partial charge in [0.25, 0.3) is 17.7 Å². The average Bonchev–Trinajstić information content (AvgIpc) is 2.95. The zero-order chi connectivity index (χ0) is 27.5. The normalized spacial score (nSPS) is 10.6. The van der Waals surface area contributed by atoms with Crippen molar-refractivity contribution in [1.82, 2.24) is 10.2 Å². The Bertz CT molecular complexity index is 1270. The van der Waals surface area contributed by atoms with Gasteiger partial charge >= 0.3 is 0 Å². The zero-order valence-corrected chi connectivity index (χ0v) is 22.2. The van der Waals surface area contributed by atoms with Crippen molar-refractivity contribution in [2.45, 2.75) is 13.8 Å². The molecule has 3 aromatic carbocycles. The minimum Gasteiger partial charge on any atom is -0.496 e. The number of benzene rings is 3. The summed E-state index contributed by atoms with van der Waals surface area (Å²) in [7, 11) is 2.98. The molecule has 0 fully saturated rings. The molecular weight excluding hydrogens is 484 g/mol. The van der Waals surface area contributed by atoms with Gasteiger partial charge in [0, 0.05) is 18.8 Å². The summed E-state index contributed by atoms with van der Waals surface area (Å²) in [5.74, 6) is -0.344. The van der Waals surface area contributed by atoms with Crippen molar-refractivity contribution >= 4 is 29.1 Å². The molecule has 0 aliphatic rings. The molecule has 0 bridgehead atoms. The Balaban J connectivity index is 1.88. The predicted octanol–water partition coefficient (Wildman–Crippen LogP) is 4.28. The summed E-state index contributed by atoms with van der Waals surface area (Å²) in [6, 6.07) is 18.4. The number of amides is 3. The van der Waals surface area contributed by atoms with Gasteiger partial charge in [-0.05, 0) is 55.6 Å². The zero-order valence-electron chi connectivity index (χ0n) is 22.2. The SMILES string of the molecule is CCN(CC)CCNC(=O)c1cc(NC(=O)c2ccccc2OC)ccc1NC(=O)c1ccccc1OC. The fourth-order valence-electron chi connectivity index (χ4n) is 3.93. The number of anilines is 2. The van der Waals surface area contributed by atoms with Gasteiger partial charge in [-0.25, -0.2) is 0 Å². The largest absolute Gasteiger partial charge is 0.496 e. The fraction of sp³-hybridized carbons (Fsp3) is 0.276. The number of carbonyl (C=O) groups is 3. The molecule has 0 saturated carbocycles. The van der Waals surface area contributed by atoms with Crippen LogP contribution in [0.2, 0.25) is 0 Å². The Kier molecular flexibility index (Phi) is 10.2. The summed E-state index contributed by atoms with van der Waals surface area (Å²) in [4.78, 5) is 41.4. The van der Waals surface area contributed by atoms with E-state index in [4.69, 9.17) is 9.47 Å². The van der Waals surface area contributed by atoms with Gasteiger partial charge in [-0.15, -0.1) is 0 Å². The molecule has 9 nitrogen and oxygen atoms in total. The maximum Gasteiger partial charge on any atom is 0.259 e. The van der Waals surface area contributed by atoms with Crippen LogP contribution in [-0.2, 0) is 0 Å². The second-order valence-electron chi connectivity index (χ2n) is 8.35. The topological polar surface area (TPSA) is 109 Å². The van der Waals surface area contributed by atoms with Gasteiger partial charge in [0.1, 0.15) is 11.5 Å². The minimum absolute atomic E-state index is 0.214. The van der Waals surface area contributed by atoms with Crippen molar-refractivity contribution in [2.24, 2.45) is 0 Å². The molecule has 0 aliphatic heterocycles. The van der Waals surface area contributed by atoms with E-state index in [1.807, 2.05) is 0 Å². The van der Waals surface area contributed by atoms with Crippen molar-refractivity contribution in [3.8, 4) is 11.5 Å². The first-order valence-corrected chi connectivity index (χ1v) is 12.4. The third kappa shape index (κ3) is 7.10. The van der Waals surface area contributed by atoms with Crippen LogP contribution in [0, 0.1) is 0 Å². The molecule has 38 heavy (non-hydrogen) atoms. The summed E-state index contributed by atoms with van der Waals surface area (Å²) >= 11 is 0. The van der Waals surface area contributed by atoms with Crippen LogP contribution < -0.4 is 25.4 Å². The van der Waals surface area contributed by atoms with Crippen LogP contribution in [-0.4, -0.2) is 63.0 Å². The van der Waals surface area contributed by atoms with Crippen LogP contribution in [0.1, 0.15) is 44.9 Å². The van der Waals surface area contributed by atoms with E-state index in [0.29, 0.717) is 47.1 Å². The van der Waals surface area contributed by atoms with E-state index in [2.05, 4.69) is 34.7 Å². The molecule has 3 aromatic rings. The smallest absolute Gasteiger partial charge is 0.259 e. The maximum atomic E-state index is 13.2. The lowest BCUT2D eigenvalue weighted by Crippen LogP contribution is -2.35. The summed E-state index contributed by atoms with van der Waals surface area (Å²) in [5, 5.41) is 8.54. The molecule has 3 N–H and O–H groups in total. The van der Waals surface area contributed by atoms with Gasteiger partial charge in [-0.3, -0.25) is 14.4 Å². The van der Waals surface area contributed by atoms with Crippen molar-refractivity contribution < 1.29 is 23.9 Å². The Hall–Kier alpha value is -4.37. The number of nitrogens with zero attached hydrogens (tertiary/aromatic N) is 1. The summed E-state index contributed by atoms with van der Waals surface area (Å²) in [6.07, 6.45) is 0. The Morgan fingerprint density at radius 3 is 1.82 bits per heavy atom. The van der Waals surface area contributed by atoms with E-state index in [9.17, 15) is 14.4 Å². The fourth-order valence-corrected chi connectivity index (χ4v) is 3.93. The molecule has 3 amide bonds. The lowest BCUT2D eigenvalue weighted by molar-refractivity contribution is 0.0948. The second-order valence-corrected chi connectivity index (χ2v) is 8.35. The van der Waals surface area contributed by atoms with Gasteiger partial charge in [-0.1, -0.05) is 38.1 Å². The van der Waals surface area contributed by atoms with Crippen LogP contribution in [0.3, 0.4) is 0 Å². The second kappa shape index (κ2) is 13.8. The van der Waals surface area contributed by atoms with E-state index >= 15 is 0 Å². The average molecular weight is 519 g/mol. The van der Waals surface area contributed by atoms with Gasteiger partial charge in [0.15, 0.2) is 0 Å². The molecule has 0 atom stereocenters. The van der Waals surface area contributed by atoms with Crippen molar-refractivity contribution in [2.75, 3.05) is 51.0 Å². The van der Waals surface area contributed by atoms with E-state index in [1.165, 1.54) is 20.3 Å². The quantitative estimate of drug-likeness (QED) is 0.330. The van der Waals surface area contributed by atoms with Crippen LogP contribution in [0.15, 0.2) is 66.7 Å². The molecule has 0 heterocycles. The predicted molar refractivity (Wildman–Crippen MR) is 148 cm³/mol. The summed E-state index contributed by atoms with van der Waals surface area (Å²) in [6.45, 7) is 6.98. The molecule has 3 rings (SSSR count). The molecule has 0 aromatic heterocycles. The summed E-state index contributed by atoms with van der Waals surface area (Å²) in [5.41, 5.74) is 1.59. The van der Waals surface area contributed by atoms with Gasteiger partial charge in [0.05, 0.1) is 36.6 Å². The maximum absolute atomic E-state index is 13.2.